The van der Waals surface area contributed by atoms with Crippen LogP contribution in [0.5, 0.6) is 0 Å². The molecule has 0 spiro atoms. The molecule has 2 amide bonds. The number of nitrogens with one attached hydrogen (secondary N) is 2. The molecule has 1 aromatic carbocycles. The maximum atomic E-state index is 15.2. The minimum atomic E-state index is -0.442. The molecule has 1 fully saturated rings. The van der Waals surface area contributed by atoms with Crippen LogP contribution in [-0.4, -0.2) is 76.6 Å². The summed E-state index contributed by atoms with van der Waals surface area (Å²) < 4.78 is 15.2. The zero-order valence-electron chi connectivity index (χ0n) is 20.8. The summed E-state index contributed by atoms with van der Waals surface area (Å²) >= 11 is 0. The highest BCUT2D eigenvalue weighted by Crippen LogP contribution is 2.38. The van der Waals surface area contributed by atoms with E-state index < -0.39 is 11.9 Å². The van der Waals surface area contributed by atoms with Gasteiger partial charge in [-0.2, -0.15) is 5.10 Å². The highest BCUT2D eigenvalue weighted by molar-refractivity contribution is 5.99. The number of nitrogens with zero attached hydrogens (tertiary/aromatic N) is 4. The van der Waals surface area contributed by atoms with Crippen molar-refractivity contribution in [2.45, 2.75) is 46.1 Å². The monoisotopic (exact) mass is 480 g/mol. The number of anilines is 1. The molecule has 1 unspecified atom stereocenters. The number of hydrogen-bond acceptors (Lipinski definition) is 4. The lowest BCUT2D eigenvalue weighted by Crippen LogP contribution is -2.53. The number of carbonyl (C=O) groups is 2. The number of halogens is 1. The van der Waals surface area contributed by atoms with Crippen LogP contribution >= 0.6 is 0 Å². The van der Waals surface area contributed by atoms with Crippen LogP contribution in [-0.2, 0) is 22.4 Å². The van der Waals surface area contributed by atoms with Gasteiger partial charge in [0.2, 0.25) is 12.3 Å². The Hall–Kier alpha value is -3.20. The van der Waals surface area contributed by atoms with Gasteiger partial charge in [-0.3, -0.25) is 19.6 Å². The fourth-order valence-corrected chi connectivity index (χ4v) is 5.38. The topological polar surface area (TPSA) is 88.3 Å². The Bertz CT molecular complexity index is 1270. The second-order valence-corrected chi connectivity index (χ2v) is 10.7. The molecule has 186 valence electrons. The number of piperazine rings is 1. The molecule has 8 nitrogen and oxygen atoms in total. The van der Waals surface area contributed by atoms with Gasteiger partial charge < -0.3 is 14.8 Å². The normalized spacial score (nSPS) is 18.9. The predicted molar refractivity (Wildman–Crippen MR) is 134 cm³/mol. The summed E-state index contributed by atoms with van der Waals surface area (Å²) in [5.41, 5.74) is 5.40. The maximum absolute atomic E-state index is 15.2. The SMILES string of the molecule is CC(C(=O)N(C)c1cc2[nH]c(-c3n[nH]c4c3CCC(C)(C)C4)cc2cc1F)N1CCN(C=O)CC1. The molecule has 0 radical (unpaired) electrons. The van der Waals surface area contributed by atoms with Crippen LogP contribution in [0.4, 0.5) is 10.1 Å². The number of rotatable bonds is 5. The Kier molecular flexibility index (Phi) is 5.91. The van der Waals surface area contributed by atoms with Crippen molar-refractivity contribution in [2.75, 3.05) is 38.1 Å². The molecule has 2 aliphatic rings. The molecule has 3 heterocycles. The van der Waals surface area contributed by atoms with Crippen molar-refractivity contribution in [3.05, 3.63) is 35.3 Å². The van der Waals surface area contributed by atoms with E-state index in [9.17, 15) is 9.59 Å². The van der Waals surface area contributed by atoms with Gasteiger partial charge in [-0.25, -0.2) is 4.39 Å². The quantitative estimate of drug-likeness (QED) is 0.549. The second kappa shape index (κ2) is 8.78. The summed E-state index contributed by atoms with van der Waals surface area (Å²) in [6.45, 7) is 8.79. The lowest BCUT2D eigenvalue weighted by atomic mass is 9.76. The van der Waals surface area contributed by atoms with Gasteiger partial charge in [-0.05, 0) is 49.8 Å². The van der Waals surface area contributed by atoms with E-state index in [1.807, 2.05) is 17.9 Å². The molecule has 2 N–H and O–H groups in total. The third-order valence-electron chi connectivity index (χ3n) is 7.70. The van der Waals surface area contributed by atoms with Gasteiger partial charge in [0, 0.05) is 55.4 Å². The van der Waals surface area contributed by atoms with Gasteiger partial charge in [0.15, 0.2) is 0 Å². The Labute approximate surface area is 204 Å². The van der Waals surface area contributed by atoms with Crippen molar-refractivity contribution in [3.63, 3.8) is 0 Å². The number of hydrogen-bond donors (Lipinski definition) is 2. The molecule has 0 bridgehead atoms. The van der Waals surface area contributed by atoms with E-state index in [2.05, 4.69) is 29.0 Å². The van der Waals surface area contributed by atoms with E-state index >= 15 is 4.39 Å². The highest BCUT2D eigenvalue weighted by atomic mass is 19.1. The first-order valence-corrected chi connectivity index (χ1v) is 12.3. The summed E-state index contributed by atoms with van der Waals surface area (Å²) in [5.74, 6) is -0.624. The smallest absolute Gasteiger partial charge is 0.243 e. The summed E-state index contributed by atoms with van der Waals surface area (Å²) in [7, 11) is 1.61. The van der Waals surface area contributed by atoms with Crippen molar-refractivity contribution in [3.8, 4) is 11.4 Å². The van der Waals surface area contributed by atoms with Gasteiger partial charge in [0.25, 0.3) is 0 Å². The molecule has 1 saturated heterocycles. The standard InChI is InChI=1S/C26H33FN6O2/c1-16(33-9-7-32(15-34)8-10-33)25(35)31(4)23-13-20-17(11-19(23)27)12-21(28-20)24-18-5-6-26(2,3)14-22(18)29-30-24/h11-13,15-16,28H,5-10,14H2,1-4H3,(H,29,30). The van der Waals surface area contributed by atoms with E-state index in [-0.39, 0.29) is 17.0 Å². The maximum Gasteiger partial charge on any atom is 0.243 e. The number of H-pyrrole nitrogens is 2. The van der Waals surface area contributed by atoms with Crippen LogP contribution in [0.2, 0.25) is 0 Å². The van der Waals surface area contributed by atoms with E-state index in [1.54, 1.807) is 18.0 Å². The molecule has 2 aromatic heterocycles. The van der Waals surface area contributed by atoms with E-state index in [0.29, 0.717) is 26.2 Å². The lowest BCUT2D eigenvalue weighted by Gasteiger charge is -2.37. The fourth-order valence-electron chi connectivity index (χ4n) is 5.38. The van der Waals surface area contributed by atoms with Crippen LogP contribution < -0.4 is 4.90 Å². The zero-order valence-corrected chi connectivity index (χ0v) is 20.8. The Balaban J connectivity index is 1.39. The molecular formula is C26H33FN6O2. The number of aromatic amines is 2. The average Bonchev–Trinajstić information content (AvgIpc) is 3.44. The van der Waals surface area contributed by atoms with Crippen molar-refractivity contribution in [1.29, 1.82) is 0 Å². The first-order chi connectivity index (χ1) is 16.7. The first kappa shape index (κ1) is 23.5. The zero-order chi connectivity index (χ0) is 24.9. The minimum Gasteiger partial charge on any atom is -0.353 e. The number of aromatic nitrogens is 3. The third kappa shape index (κ3) is 4.33. The third-order valence-corrected chi connectivity index (χ3v) is 7.70. The van der Waals surface area contributed by atoms with Gasteiger partial charge >= 0.3 is 0 Å². The number of fused-ring (bicyclic) bond motifs is 2. The summed E-state index contributed by atoms with van der Waals surface area (Å²) in [4.78, 5) is 32.7. The number of likely N-dealkylation sites (N-methyl/N-ethyl adjacent to an activating group) is 1. The molecule has 3 aromatic rings. The number of carbonyl (C=O) groups excluding carboxylic acids is 2. The van der Waals surface area contributed by atoms with Crippen LogP contribution in [0.1, 0.15) is 38.4 Å². The largest absolute Gasteiger partial charge is 0.353 e. The van der Waals surface area contributed by atoms with Gasteiger partial charge in [-0.1, -0.05) is 13.8 Å². The molecule has 1 atom stereocenters. The Morgan fingerprint density at radius 1 is 1.23 bits per heavy atom. The minimum absolute atomic E-state index is 0.182. The molecule has 35 heavy (non-hydrogen) atoms. The summed E-state index contributed by atoms with van der Waals surface area (Å²) in [6.07, 6.45) is 3.86. The van der Waals surface area contributed by atoms with E-state index in [1.165, 1.54) is 22.2 Å². The van der Waals surface area contributed by atoms with E-state index in [4.69, 9.17) is 0 Å². The Morgan fingerprint density at radius 3 is 2.69 bits per heavy atom. The molecule has 1 aliphatic heterocycles. The Morgan fingerprint density at radius 2 is 1.97 bits per heavy atom. The van der Waals surface area contributed by atoms with Gasteiger partial charge in [0.05, 0.1) is 17.4 Å². The number of benzene rings is 1. The van der Waals surface area contributed by atoms with Crippen LogP contribution in [0, 0.1) is 11.2 Å². The molecule has 9 heteroatoms. The molecule has 1 aliphatic carbocycles. The van der Waals surface area contributed by atoms with Crippen molar-refractivity contribution in [2.24, 2.45) is 5.41 Å². The van der Waals surface area contributed by atoms with Crippen molar-refractivity contribution >= 4 is 28.9 Å². The summed E-state index contributed by atoms with van der Waals surface area (Å²) in [5, 5.41) is 8.53. The van der Waals surface area contributed by atoms with Crippen LogP contribution in [0.3, 0.4) is 0 Å². The van der Waals surface area contributed by atoms with Crippen molar-refractivity contribution < 1.29 is 14.0 Å². The second-order valence-electron chi connectivity index (χ2n) is 10.7. The average molecular weight is 481 g/mol. The van der Waals surface area contributed by atoms with E-state index in [0.717, 1.165) is 48.0 Å². The number of amides is 2. The summed E-state index contributed by atoms with van der Waals surface area (Å²) in [6, 6.07) is 4.69. The van der Waals surface area contributed by atoms with Crippen LogP contribution in [0.25, 0.3) is 22.3 Å². The predicted octanol–water partition coefficient (Wildman–Crippen LogP) is 3.34. The molecule has 5 rings (SSSR count). The highest BCUT2D eigenvalue weighted by Gasteiger charge is 2.31. The first-order valence-electron chi connectivity index (χ1n) is 12.3. The lowest BCUT2D eigenvalue weighted by molar-refractivity contribution is -0.125. The fraction of sp³-hybridized carbons (Fsp3) is 0.500. The van der Waals surface area contributed by atoms with Gasteiger partial charge in [-0.15, -0.1) is 0 Å². The van der Waals surface area contributed by atoms with Crippen molar-refractivity contribution in [1.82, 2.24) is 25.0 Å². The van der Waals surface area contributed by atoms with Crippen LogP contribution in [0.15, 0.2) is 18.2 Å². The molecule has 0 saturated carbocycles. The molecular weight excluding hydrogens is 447 g/mol. The van der Waals surface area contributed by atoms with Gasteiger partial charge in [0.1, 0.15) is 11.5 Å².